The fourth-order valence-electron chi connectivity index (χ4n) is 3.14. The highest BCUT2D eigenvalue weighted by Crippen LogP contribution is 2.29. The molecular weight excluding hydrogens is 316 g/mol. The molecule has 1 aromatic carbocycles. The van der Waals surface area contributed by atoms with E-state index < -0.39 is 0 Å². The lowest BCUT2D eigenvalue weighted by Gasteiger charge is -2.15. The summed E-state index contributed by atoms with van der Waals surface area (Å²) in [7, 11) is 0. The third kappa shape index (κ3) is 3.43. The van der Waals surface area contributed by atoms with Crippen LogP contribution in [0.1, 0.15) is 48.6 Å². The number of rotatable bonds is 6. The molecule has 25 heavy (non-hydrogen) atoms. The van der Waals surface area contributed by atoms with Crippen molar-refractivity contribution in [3.8, 4) is 11.3 Å². The summed E-state index contributed by atoms with van der Waals surface area (Å²) < 4.78 is 2.01. The molecule has 6 heteroatoms. The van der Waals surface area contributed by atoms with Gasteiger partial charge in [-0.1, -0.05) is 37.6 Å². The van der Waals surface area contributed by atoms with Crippen molar-refractivity contribution in [1.29, 1.82) is 0 Å². The number of aryl methyl sites for hydroxylation is 1. The third-order valence-electron chi connectivity index (χ3n) is 4.48. The molecule has 0 spiro atoms. The van der Waals surface area contributed by atoms with Gasteiger partial charge in [0.2, 0.25) is 11.7 Å². The van der Waals surface area contributed by atoms with Crippen molar-refractivity contribution < 1.29 is 9.59 Å². The molecule has 1 N–H and O–H groups in total. The first-order valence-corrected chi connectivity index (χ1v) is 8.71. The average Bonchev–Trinajstić information content (AvgIpc) is 3.07. The Labute approximate surface area is 147 Å². The number of carbonyl (C=O) groups is 2. The van der Waals surface area contributed by atoms with Gasteiger partial charge in [-0.05, 0) is 18.9 Å². The Morgan fingerprint density at radius 1 is 1.28 bits per heavy atom. The molecule has 0 bridgehead atoms. The highest BCUT2D eigenvalue weighted by Gasteiger charge is 2.32. The van der Waals surface area contributed by atoms with Crippen LogP contribution in [0, 0.1) is 6.92 Å². The smallest absolute Gasteiger partial charge is 0.291 e. The summed E-state index contributed by atoms with van der Waals surface area (Å²) in [5.41, 5.74) is 3.94. The maximum absolute atomic E-state index is 12.5. The van der Waals surface area contributed by atoms with E-state index >= 15 is 0 Å². The minimum Gasteiger partial charge on any atom is -0.352 e. The van der Waals surface area contributed by atoms with Gasteiger partial charge in [0.25, 0.3) is 5.91 Å². The number of fused-ring (bicyclic) bond motifs is 1. The quantitative estimate of drug-likeness (QED) is 0.879. The first-order chi connectivity index (χ1) is 12.0. The molecule has 2 amide bonds. The van der Waals surface area contributed by atoms with Gasteiger partial charge >= 0.3 is 0 Å². The van der Waals surface area contributed by atoms with Crippen LogP contribution in [0.3, 0.4) is 0 Å². The lowest BCUT2D eigenvalue weighted by Crippen LogP contribution is -2.26. The van der Waals surface area contributed by atoms with Crippen LogP contribution in [-0.4, -0.2) is 32.8 Å². The highest BCUT2D eigenvalue weighted by molar-refractivity contribution is 5.94. The SMILES string of the molecule is CCCCN1Cn2c(nc(C)c2-c2ccc(CNC(C)=O)cc2)C1=O. The molecule has 0 aliphatic carbocycles. The Morgan fingerprint density at radius 2 is 2.00 bits per heavy atom. The van der Waals surface area contributed by atoms with Crippen molar-refractivity contribution in [2.24, 2.45) is 0 Å². The van der Waals surface area contributed by atoms with Gasteiger partial charge in [-0.25, -0.2) is 4.98 Å². The number of nitrogens with one attached hydrogen (secondary N) is 1. The molecular formula is C19H24N4O2. The number of imidazole rings is 1. The van der Waals surface area contributed by atoms with Gasteiger partial charge in [0.15, 0.2) is 0 Å². The number of carbonyl (C=O) groups excluding carboxylic acids is 2. The van der Waals surface area contributed by atoms with E-state index in [2.05, 4.69) is 17.2 Å². The molecule has 0 unspecified atom stereocenters. The van der Waals surface area contributed by atoms with Crippen molar-refractivity contribution >= 4 is 11.8 Å². The van der Waals surface area contributed by atoms with Crippen LogP contribution in [0.25, 0.3) is 11.3 Å². The molecule has 1 aromatic heterocycles. The van der Waals surface area contributed by atoms with E-state index in [1.54, 1.807) is 0 Å². The van der Waals surface area contributed by atoms with E-state index in [1.165, 1.54) is 6.92 Å². The molecule has 132 valence electrons. The van der Waals surface area contributed by atoms with E-state index in [-0.39, 0.29) is 11.8 Å². The van der Waals surface area contributed by atoms with E-state index in [1.807, 2.05) is 40.7 Å². The number of unbranched alkanes of at least 4 members (excludes halogenated alkanes) is 1. The van der Waals surface area contributed by atoms with Gasteiger partial charge in [0, 0.05) is 25.6 Å². The van der Waals surface area contributed by atoms with Crippen molar-refractivity contribution in [1.82, 2.24) is 19.8 Å². The maximum Gasteiger partial charge on any atom is 0.291 e. The van der Waals surface area contributed by atoms with Crippen LogP contribution in [0.2, 0.25) is 0 Å². The summed E-state index contributed by atoms with van der Waals surface area (Å²) in [6.45, 7) is 7.43. The van der Waals surface area contributed by atoms with Crippen molar-refractivity contribution in [3.05, 3.63) is 41.3 Å². The Hall–Kier alpha value is -2.63. The molecule has 2 heterocycles. The third-order valence-corrected chi connectivity index (χ3v) is 4.48. The van der Waals surface area contributed by atoms with Crippen molar-refractivity contribution in [2.45, 2.75) is 46.8 Å². The molecule has 1 aliphatic heterocycles. The zero-order valence-electron chi connectivity index (χ0n) is 15.0. The van der Waals surface area contributed by atoms with E-state index in [9.17, 15) is 9.59 Å². The van der Waals surface area contributed by atoms with E-state index in [4.69, 9.17) is 0 Å². The predicted molar refractivity (Wildman–Crippen MR) is 95.9 cm³/mol. The van der Waals surface area contributed by atoms with Gasteiger partial charge in [0.1, 0.15) is 0 Å². The second kappa shape index (κ2) is 7.09. The lowest BCUT2D eigenvalue weighted by atomic mass is 10.1. The minimum atomic E-state index is -0.0424. The first-order valence-electron chi connectivity index (χ1n) is 8.71. The molecule has 3 rings (SSSR count). The summed E-state index contributed by atoms with van der Waals surface area (Å²) in [6, 6.07) is 8.04. The molecule has 0 saturated heterocycles. The highest BCUT2D eigenvalue weighted by atomic mass is 16.2. The van der Waals surface area contributed by atoms with Crippen LogP contribution in [0.5, 0.6) is 0 Å². The summed E-state index contributed by atoms with van der Waals surface area (Å²) >= 11 is 0. The number of hydrogen-bond donors (Lipinski definition) is 1. The maximum atomic E-state index is 12.5. The summed E-state index contributed by atoms with van der Waals surface area (Å²) in [5, 5.41) is 2.79. The van der Waals surface area contributed by atoms with E-state index in [0.717, 1.165) is 41.9 Å². The summed E-state index contributed by atoms with van der Waals surface area (Å²) in [4.78, 5) is 29.9. The molecule has 2 aromatic rings. The number of hydrogen-bond acceptors (Lipinski definition) is 3. The monoisotopic (exact) mass is 340 g/mol. The average molecular weight is 340 g/mol. The zero-order valence-corrected chi connectivity index (χ0v) is 15.0. The first kappa shape index (κ1) is 17.2. The molecule has 6 nitrogen and oxygen atoms in total. The zero-order chi connectivity index (χ0) is 18.0. The van der Waals surface area contributed by atoms with Gasteiger partial charge in [-0.3, -0.25) is 9.59 Å². The molecule has 0 atom stereocenters. The van der Waals surface area contributed by atoms with Crippen LogP contribution in [0.4, 0.5) is 0 Å². The predicted octanol–water partition coefficient (Wildman–Crippen LogP) is 2.71. The van der Waals surface area contributed by atoms with Gasteiger partial charge < -0.3 is 14.8 Å². The standard InChI is InChI=1S/C19H24N4O2/c1-4-5-10-22-12-23-17(13(2)21-18(23)19(22)25)16-8-6-15(7-9-16)11-20-14(3)24/h6-9H,4-5,10-12H2,1-3H3,(H,20,24). The fraction of sp³-hybridized carbons (Fsp3) is 0.421. The Bertz CT molecular complexity index is 793. The molecule has 0 radical (unpaired) electrons. The molecule has 1 aliphatic rings. The van der Waals surface area contributed by atoms with E-state index in [0.29, 0.717) is 19.0 Å². The Morgan fingerprint density at radius 3 is 2.64 bits per heavy atom. The summed E-state index contributed by atoms with van der Waals surface area (Å²) in [6.07, 6.45) is 2.07. The van der Waals surface area contributed by atoms with Gasteiger partial charge in [0.05, 0.1) is 18.1 Å². The molecule has 0 fully saturated rings. The number of amides is 2. The second-order valence-corrected chi connectivity index (χ2v) is 6.47. The second-order valence-electron chi connectivity index (χ2n) is 6.47. The van der Waals surface area contributed by atoms with Crippen LogP contribution < -0.4 is 5.32 Å². The van der Waals surface area contributed by atoms with Gasteiger partial charge in [-0.15, -0.1) is 0 Å². The number of benzene rings is 1. The fourth-order valence-corrected chi connectivity index (χ4v) is 3.14. The number of nitrogens with zero attached hydrogens (tertiary/aromatic N) is 3. The minimum absolute atomic E-state index is 0.0186. The topological polar surface area (TPSA) is 67.2 Å². The van der Waals surface area contributed by atoms with Crippen molar-refractivity contribution in [3.63, 3.8) is 0 Å². The van der Waals surface area contributed by atoms with Gasteiger partial charge in [-0.2, -0.15) is 0 Å². The Balaban J connectivity index is 1.84. The van der Waals surface area contributed by atoms with Crippen LogP contribution in [-0.2, 0) is 18.0 Å². The Kier molecular flexibility index (Phi) is 4.88. The largest absolute Gasteiger partial charge is 0.352 e. The van der Waals surface area contributed by atoms with Crippen LogP contribution in [0.15, 0.2) is 24.3 Å². The lowest BCUT2D eigenvalue weighted by molar-refractivity contribution is -0.119. The molecule has 0 saturated carbocycles. The van der Waals surface area contributed by atoms with Crippen molar-refractivity contribution in [2.75, 3.05) is 6.54 Å². The normalized spacial score (nSPS) is 13.2. The van der Waals surface area contributed by atoms with Crippen LogP contribution >= 0.6 is 0 Å². The summed E-state index contributed by atoms with van der Waals surface area (Å²) in [5.74, 6) is 0.509. The number of aromatic nitrogens is 2.